The van der Waals surface area contributed by atoms with Gasteiger partial charge < -0.3 is 10.2 Å². The summed E-state index contributed by atoms with van der Waals surface area (Å²) in [6, 6.07) is 9.34. The van der Waals surface area contributed by atoms with Gasteiger partial charge >= 0.3 is 0 Å². The number of nitrogens with one attached hydrogen (secondary N) is 1. The van der Waals surface area contributed by atoms with Gasteiger partial charge in [-0.2, -0.15) is 0 Å². The van der Waals surface area contributed by atoms with E-state index < -0.39 is 0 Å². The first-order valence-corrected chi connectivity index (χ1v) is 10.4. The molecule has 136 valence electrons. The van der Waals surface area contributed by atoms with E-state index in [2.05, 4.69) is 71.3 Å². The molecule has 2 aromatic rings. The maximum Gasteiger partial charge on any atom is 0.130 e. The van der Waals surface area contributed by atoms with E-state index >= 15 is 0 Å². The summed E-state index contributed by atoms with van der Waals surface area (Å²) in [5, 5.41) is 4.80. The molecule has 0 saturated heterocycles. The molecule has 1 aliphatic rings. The van der Waals surface area contributed by atoms with Crippen LogP contribution in [-0.2, 0) is 0 Å². The van der Waals surface area contributed by atoms with E-state index in [1.165, 1.54) is 43.1 Å². The molecule has 1 aromatic carbocycles. The molecular formula is C21H30BrN3. The second-order valence-electron chi connectivity index (χ2n) is 7.62. The average molecular weight is 404 g/mol. The molecule has 1 aromatic heterocycles. The molecule has 25 heavy (non-hydrogen) atoms. The van der Waals surface area contributed by atoms with E-state index in [1.807, 2.05) is 0 Å². The number of halogens is 1. The molecular weight excluding hydrogens is 374 g/mol. The first-order valence-electron chi connectivity index (χ1n) is 9.59. The molecule has 0 amide bonds. The van der Waals surface area contributed by atoms with Crippen LogP contribution in [0.5, 0.6) is 0 Å². The van der Waals surface area contributed by atoms with Gasteiger partial charge in [-0.25, -0.2) is 4.98 Å². The summed E-state index contributed by atoms with van der Waals surface area (Å²) in [6.45, 7) is 6.49. The fourth-order valence-electron chi connectivity index (χ4n) is 3.80. The van der Waals surface area contributed by atoms with Gasteiger partial charge in [0.2, 0.25) is 0 Å². The van der Waals surface area contributed by atoms with Crippen molar-refractivity contribution in [3.8, 4) is 0 Å². The SMILES string of the molecule is CC(C)c1cc2cc(Br)ccc2nc1NCCN(C)C1CCCCC1. The van der Waals surface area contributed by atoms with Gasteiger partial charge in [0.05, 0.1) is 5.52 Å². The Labute approximate surface area is 160 Å². The van der Waals surface area contributed by atoms with Crippen LogP contribution in [0.4, 0.5) is 5.82 Å². The molecule has 1 saturated carbocycles. The molecule has 1 aliphatic carbocycles. The van der Waals surface area contributed by atoms with Crippen molar-refractivity contribution in [1.82, 2.24) is 9.88 Å². The van der Waals surface area contributed by atoms with Crippen molar-refractivity contribution in [3.05, 3.63) is 34.3 Å². The summed E-state index contributed by atoms with van der Waals surface area (Å²) in [7, 11) is 2.27. The van der Waals surface area contributed by atoms with Crippen molar-refractivity contribution in [3.63, 3.8) is 0 Å². The Balaban J connectivity index is 1.69. The van der Waals surface area contributed by atoms with Crippen LogP contribution >= 0.6 is 15.9 Å². The van der Waals surface area contributed by atoms with Crippen LogP contribution in [0.3, 0.4) is 0 Å². The molecule has 1 N–H and O–H groups in total. The van der Waals surface area contributed by atoms with E-state index in [9.17, 15) is 0 Å². The van der Waals surface area contributed by atoms with Crippen LogP contribution in [0.15, 0.2) is 28.7 Å². The number of aromatic nitrogens is 1. The molecule has 1 fully saturated rings. The normalized spacial score (nSPS) is 16.1. The highest BCUT2D eigenvalue weighted by Crippen LogP contribution is 2.28. The summed E-state index contributed by atoms with van der Waals surface area (Å²) < 4.78 is 1.10. The zero-order valence-corrected chi connectivity index (χ0v) is 17.3. The minimum Gasteiger partial charge on any atom is -0.369 e. The quantitative estimate of drug-likeness (QED) is 0.660. The van der Waals surface area contributed by atoms with Gasteiger partial charge in [0.25, 0.3) is 0 Å². The molecule has 0 unspecified atom stereocenters. The highest BCUT2D eigenvalue weighted by molar-refractivity contribution is 9.10. The lowest BCUT2D eigenvalue weighted by Gasteiger charge is -2.31. The monoisotopic (exact) mass is 403 g/mol. The van der Waals surface area contributed by atoms with Crippen LogP contribution in [-0.4, -0.2) is 36.1 Å². The molecule has 0 atom stereocenters. The Kier molecular flexibility index (Phi) is 6.34. The van der Waals surface area contributed by atoms with Crippen LogP contribution in [0.1, 0.15) is 57.4 Å². The third kappa shape index (κ3) is 4.73. The molecule has 0 radical (unpaired) electrons. The molecule has 3 rings (SSSR count). The van der Waals surface area contributed by atoms with E-state index in [0.29, 0.717) is 5.92 Å². The van der Waals surface area contributed by atoms with E-state index in [4.69, 9.17) is 4.98 Å². The minimum absolute atomic E-state index is 0.453. The number of likely N-dealkylation sites (N-methyl/N-ethyl adjacent to an activating group) is 1. The maximum atomic E-state index is 4.90. The molecule has 0 bridgehead atoms. The van der Waals surface area contributed by atoms with E-state index in [1.54, 1.807) is 0 Å². The molecule has 1 heterocycles. The van der Waals surface area contributed by atoms with Crippen LogP contribution in [0.2, 0.25) is 0 Å². The van der Waals surface area contributed by atoms with Crippen molar-refractivity contribution in [2.45, 2.75) is 57.9 Å². The zero-order chi connectivity index (χ0) is 17.8. The lowest BCUT2D eigenvalue weighted by molar-refractivity contribution is 0.198. The van der Waals surface area contributed by atoms with Gasteiger partial charge in [0, 0.05) is 29.0 Å². The number of pyridine rings is 1. The standard InChI is InChI=1S/C21H30BrN3/c1-15(2)19-14-16-13-17(22)9-10-20(16)24-21(19)23-11-12-25(3)18-7-5-4-6-8-18/h9-10,13-15,18H,4-8,11-12H2,1-3H3,(H,23,24). The van der Waals surface area contributed by atoms with Gasteiger partial charge in [0.15, 0.2) is 0 Å². The summed E-state index contributed by atoms with van der Waals surface area (Å²) in [6.07, 6.45) is 6.91. The van der Waals surface area contributed by atoms with E-state index in [0.717, 1.165) is 34.9 Å². The summed E-state index contributed by atoms with van der Waals surface area (Å²) in [5.74, 6) is 1.50. The lowest BCUT2D eigenvalue weighted by Crippen LogP contribution is -2.36. The topological polar surface area (TPSA) is 28.2 Å². The summed E-state index contributed by atoms with van der Waals surface area (Å²) >= 11 is 3.56. The van der Waals surface area contributed by atoms with Gasteiger partial charge in [-0.3, -0.25) is 0 Å². The third-order valence-corrected chi connectivity index (χ3v) is 5.88. The highest BCUT2D eigenvalue weighted by atomic mass is 79.9. The van der Waals surface area contributed by atoms with Crippen LogP contribution < -0.4 is 5.32 Å². The fraction of sp³-hybridized carbons (Fsp3) is 0.571. The van der Waals surface area contributed by atoms with Crippen LogP contribution in [0.25, 0.3) is 10.9 Å². The van der Waals surface area contributed by atoms with Gasteiger partial charge in [-0.05, 0) is 55.6 Å². The number of nitrogens with zero attached hydrogens (tertiary/aromatic N) is 2. The summed E-state index contributed by atoms with van der Waals surface area (Å²) in [5.41, 5.74) is 2.35. The minimum atomic E-state index is 0.453. The average Bonchev–Trinajstić information content (AvgIpc) is 2.61. The first-order chi connectivity index (χ1) is 12.0. The Morgan fingerprint density at radius 3 is 2.68 bits per heavy atom. The smallest absolute Gasteiger partial charge is 0.130 e. The van der Waals surface area contributed by atoms with Gasteiger partial charge in [0.1, 0.15) is 5.82 Å². The Bertz CT molecular complexity index is 708. The van der Waals surface area contributed by atoms with Crippen molar-refractivity contribution in [1.29, 1.82) is 0 Å². The second kappa shape index (κ2) is 8.50. The Morgan fingerprint density at radius 2 is 1.96 bits per heavy atom. The fourth-order valence-corrected chi connectivity index (χ4v) is 4.18. The number of rotatable bonds is 6. The molecule has 0 aliphatic heterocycles. The van der Waals surface area contributed by atoms with Crippen molar-refractivity contribution >= 4 is 32.7 Å². The largest absolute Gasteiger partial charge is 0.369 e. The lowest BCUT2D eigenvalue weighted by atomic mass is 9.94. The number of anilines is 1. The van der Waals surface area contributed by atoms with Gasteiger partial charge in [-0.1, -0.05) is 49.0 Å². The van der Waals surface area contributed by atoms with E-state index in [-0.39, 0.29) is 0 Å². The Morgan fingerprint density at radius 1 is 1.20 bits per heavy atom. The highest BCUT2D eigenvalue weighted by Gasteiger charge is 2.17. The third-order valence-electron chi connectivity index (χ3n) is 5.38. The maximum absolute atomic E-state index is 4.90. The predicted octanol–water partition coefficient (Wildman–Crippen LogP) is 5.80. The van der Waals surface area contributed by atoms with Crippen molar-refractivity contribution < 1.29 is 0 Å². The Hall–Kier alpha value is -1.13. The van der Waals surface area contributed by atoms with Gasteiger partial charge in [-0.15, -0.1) is 0 Å². The summed E-state index contributed by atoms with van der Waals surface area (Å²) in [4.78, 5) is 7.42. The molecule has 0 spiro atoms. The first kappa shape index (κ1) is 18.7. The number of hydrogen-bond acceptors (Lipinski definition) is 3. The zero-order valence-electron chi connectivity index (χ0n) is 15.7. The number of fused-ring (bicyclic) bond motifs is 1. The number of benzene rings is 1. The van der Waals surface area contributed by atoms with Crippen molar-refractivity contribution in [2.24, 2.45) is 0 Å². The molecule has 3 nitrogen and oxygen atoms in total. The predicted molar refractivity (Wildman–Crippen MR) is 112 cm³/mol. The second-order valence-corrected chi connectivity index (χ2v) is 8.53. The van der Waals surface area contributed by atoms with Crippen LogP contribution in [0, 0.1) is 0 Å². The van der Waals surface area contributed by atoms with Crippen molar-refractivity contribution in [2.75, 3.05) is 25.5 Å². The molecule has 4 heteroatoms. The number of hydrogen-bond donors (Lipinski definition) is 1.